The minimum absolute atomic E-state index is 0.241. The molecule has 2 N–H and O–H groups in total. The first-order valence-corrected chi connectivity index (χ1v) is 12.9. The van der Waals surface area contributed by atoms with Gasteiger partial charge in [-0.1, -0.05) is 12.5 Å². The summed E-state index contributed by atoms with van der Waals surface area (Å²) >= 11 is 1.80. The van der Waals surface area contributed by atoms with Crippen LogP contribution in [0.15, 0.2) is 42.7 Å². The molecule has 6 rings (SSSR count). The second-order valence-corrected chi connectivity index (χ2v) is 10.5. The van der Waals surface area contributed by atoms with E-state index in [1.165, 1.54) is 35.6 Å². The number of pyridine rings is 1. The van der Waals surface area contributed by atoms with Gasteiger partial charge in [-0.3, -0.25) is 9.78 Å². The molecule has 182 valence electrons. The fraction of sp³-hybridized carbons (Fsp3) is 0.370. The summed E-state index contributed by atoms with van der Waals surface area (Å²) in [6, 6.07) is 9.00. The van der Waals surface area contributed by atoms with Gasteiger partial charge in [0.05, 0.1) is 33.5 Å². The number of anilines is 1. The number of amides is 1. The maximum atomic E-state index is 12.5. The van der Waals surface area contributed by atoms with Gasteiger partial charge in [0.25, 0.3) is 0 Å². The summed E-state index contributed by atoms with van der Waals surface area (Å²) in [5.74, 6) is 1.68. The lowest BCUT2D eigenvalue weighted by atomic mass is 9.80. The fourth-order valence-corrected chi connectivity index (χ4v) is 5.85. The predicted octanol–water partition coefficient (Wildman–Crippen LogP) is 5.80. The Morgan fingerprint density at radius 2 is 2.00 bits per heavy atom. The Labute approximate surface area is 208 Å². The van der Waals surface area contributed by atoms with E-state index in [2.05, 4.69) is 26.7 Å². The van der Waals surface area contributed by atoms with Gasteiger partial charge >= 0.3 is 0 Å². The van der Waals surface area contributed by atoms with Crippen LogP contribution in [0.25, 0.3) is 20.9 Å². The number of fused-ring (bicyclic) bond motifs is 1. The van der Waals surface area contributed by atoms with Crippen LogP contribution in [0.3, 0.4) is 0 Å². The van der Waals surface area contributed by atoms with Gasteiger partial charge in [-0.25, -0.2) is 9.37 Å². The number of carbonyl (C=O) groups excluding carboxylic acids is 1. The molecule has 3 aromatic heterocycles. The van der Waals surface area contributed by atoms with Gasteiger partial charge in [0.1, 0.15) is 11.6 Å². The number of halogens is 1. The topological polar surface area (TPSA) is 77.0 Å². The zero-order valence-electron chi connectivity index (χ0n) is 20.1. The number of aryl methyl sites for hydroxylation is 1. The molecule has 2 fully saturated rings. The van der Waals surface area contributed by atoms with Crippen molar-refractivity contribution in [3.8, 4) is 10.7 Å². The molecule has 6 nitrogen and oxygen atoms in total. The highest BCUT2D eigenvalue weighted by molar-refractivity contribution is 7.22. The van der Waals surface area contributed by atoms with Gasteiger partial charge < -0.3 is 15.2 Å². The van der Waals surface area contributed by atoms with Crippen LogP contribution in [0, 0.1) is 12.7 Å². The van der Waals surface area contributed by atoms with Crippen LogP contribution in [0.4, 0.5) is 10.1 Å². The number of likely N-dealkylation sites (tertiary alicyclic amines) is 1. The molecule has 1 saturated carbocycles. The maximum Gasteiger partial charge on any atom is 0.222 e. The highest BCUT2D eigenvalue weighted by Crippen LogP contribution is 2.43. The molecule has 1 aliphatic heterocycles. The third-order valence-corrected chi connectivity index (χ3v) is 8.18. The molecule has 4 heterocycles. The molecule has 8 heteroatoms. The van der Waals surface area contributed by atoms with Crippen molar-refractivity contribution in [3.63, 3.8) is 0 Å². The quantitative estimate of drug-likeness (QED) is 0.366. The molecule has 0 atom stereocenters. The monoisotopic (exact) mass is 491 g/mol. The van der Waals surface area contributed by atoms with Crippen molar-refractivity contribution in [1.29, 1.82) is 0 Å². The highest BCUT2D eigenvalue weighted by atomic mass is 32.1. The number of imidazole rings is 1. The Morgan fingerprint density at radius 1 is 1.17 bits per heavy atom. The van der Waals surface area contributed by atoms with E-state index in [1.807, 2.05) is 24.3 Å². The summed E-state index contributed by atoms with van der Waals surface area (Å²) in [6.07, 6.45) is 9.42. The van der Waals surface area contributed by atoms with Crippen molar-refractivity contribution >= 4 is 33.1 Å². The van der Waals surface area contributed by atoms with Crippen LogP contribution in [0.5, 0.6) is 0 Å². The van der Waals surface area contributed by atoms with E-state index in [0.717, 1.165) is 34.9 Å². The lowest BCUT2D eigenvalue weighted by molar-refractivity contribution is -0.128. The largest absolute Gasteiger partial charge is 0.399 e. The summed E-state index contributed by atoms with van der Waals surface area (Å²) in [6.45, 7) is 3.21. The average molecular weight is 492 g/mol. The van der Waals surface area contributed by atoms with Gasteiger partial charge in [0.2, 0.25) is 5.91 Å². The number of nitrogens with two attached hydrogens (primary N) is 1. The Kier molecular flexibility index (Phi) is 6.56. The molecule has 0 radical (unpaired) electrons. The molecule has 0 spiro atoms. The first kappa shape index (κ1) is 23.5. The molecule has 35 heavy (non-hydrogen) atoms. The zero-order valence-corrected chi connectivity index (χ0v) is 20.9. The average Bonchev–Trinajstić information content (AvgIpc) is 3.50. The van der Waals surface area contributed by atoms with E-state index in [-0.39, 0.29) is 11.7 Å². The molecule has 4 aromatic rings. The number of aromatic nitrogens is 3. The molecular formula is C27H30FN5OS. The molecule has 0 bridgehead atoms. The van der Waals surface area contributed by atoms with E-state index in [0.29, 0.717) is 30.1 Å². The standard InChI is InChI=1S/C20H22N4OS.C7H8FN/c1-23-14(12-24-9-3-6-18(24)25)11-22-20(23)17-10-16-19(26-17)15(7-8-21-16)13-4-2-5-13;1-5-2-3-6(9)4-7(5)8/h7-8,10-11,13H,2-6,9,12H2,1H3;2-4H,9H2,1H3. The van der Waals surface area contributed by atoms with Crippen molar-refractivity contribution in [1.82, 2.24) is 19.4 Å². The number of hydrogen-bond acceptors (Lipinski definition) is 5. The Morgan fingerprint density at radius 3 is 2.66 bits per heavy atom. The SMILES string of the molecule is Cc1ccc(N)cc1F.Cn1c(CN2CCCC2=O)cnc1-c1cc2nccc(C3CCC3)c2s1. The Hall–Kier alpha value is -3.26. The van der Waals surface area contributed by atoms with E-state index >= 15 is 0 Å². The number of nitrogen functional groups attached to an aromatic ring is 1. The summed E-state index contributed by atoms with van der Waals surface area (Å²) in [4.78, 5) is 24.2. The number of benzene rings is 1. The maximum absolute atomic E-state index is 12.5. The minimum Gasteiger partial charge on any atom is -0.399 e. The summed E-state index contributed by atoms with van der Waals surface area (Å²) in [5.41, 5.74) is 10.0. The normalized spacial score (nSPS) is 15.9. The number of thiophene rings is 1. The third kappa shape index (κ3) is 4.80. The molecule has 2 aliphatic rings. The van der Waals surface area contributed by atoms with Crippen LogP contribution in [0.2, 0.25) is 0 Å². The van der Waals surface area contributed by atoms with Gasteiger partial charge in [-0.15, -0.1) is 11.3 Å². The smallest absolute Gasteiger partial charge is 0.222 e. The minimum atomic E-state index is -0.241. The van der Waals surface area contributed by atoms with Gasteiger partial charge in [-0.05, 0) is 67.5 Å². The van der Waals surface area contributed by atoms with Crippen LogP contribution < -0.4 is 5.73 Å². The third-order valence-electron chi connectivity index (χ3n) is 7.01. The Bertz CT molecular complexity index is 1370. The van der Waals surface area contributed by atoms with Crippen molar-refractivity contribution in [2.24, 2.45) is 7.05 Å². The van der Waals surface area contributed by atoms with Crippen molar-refractivity contribution in [2.45, 2.75) is 51.5 Å². The van der Waals surface area contributed by atoms with Gasteiger partial charge in [-0.2, -0.15) is 0 Å². The lowest BCUT2D eigenvalue weighted by Gasteiger charge is -2.25. The molecule has 1 saturated heterocycles. The highest BCUT2D eigenvalue weighted by Gasteiger charge is 2.24. The summed E-state index contributed by atoms with van der Waals surface area (Å²) < 4.78 is 15.9. The van der Waals surface area contributed by atoms with Gasteiger partial charge in [0, 0.05) is 31.9 Å². The molecule has 0 unspecified atom stereocenters. The number of nitrogens with zero attached hydrogens (tertiary/aromatic N) is 4. The van der Waals surface area contributed by atoms with Crippen molar-refractivity contribution < 1.29 is 9.18 Å². The number of rotatable bonds is 4. The van der Waals surface area contributed by atoms with E-state index < -0.39 is 0 Å². The van der Waals surface area contributed by atoms with Crippen molar-refractivity contribution in [2.75, 3.05) is 12.3 Å². The molecule has 1 aromatic carbocycles. The first-order chi connectivity index (χ1) is 16.9. The first-order valence-electron chi connectivity index (χ1n) is 12.1. The second kappa shape index (κ2) is 9.77. The van der Waals surface area contributed by atoms with E-state index in [1.54, 1.807) is 30.4 Å². The predicted molar refractivity (Wildman–Crippen MR) is 139 cm³/mol. The Balaban J connectivity index is 0.000000239. The van der Waals surface area contributed by atoms with E-state index in [9.17, 15) is 9.18 Å². The van der Waals surface area contributed by atoms with Crippen LogP contribution >= 0.6 is 11.3 Å². The van der Waals surface area contributed by atoms with Crippen molar-refractivity contribution in [3.05, 3.63) is 65.4 Å². The number of carbonyl (C=O) groups is 1. The second-order valence-electron chi connectivity index (χ2n) is 9.41. The lowest BCUT2D eigenvalue weighted by Crippen LogP contribution is -2.25. The van der Waals surface area contributed by atoms with Gasteiger partial charge in [0.15, 0.2) is 0 Å². The summed E-state index contributed by atoms with van der Waals surface area (Å²) in [5, 5.41) is 0. The fourth-order valence-electron chi connectivity index (χ4n) is 4.61. The van der Waals surface area contributed by atoms with E-state index in [4.69, 9.17) is 5.73 Å². The zero-order chi connectivity index (χ0) is 24.5. The molecular weight excluding hydrogens is 461 g/mol. The number of hydrogen-bond donors (Lipinski definition) is 1. The molecule has 1 amide bonds. The van der Waals surface area contributed by atoms with Crippen LogP contribution in [0.1, 0.15) is 54.8 Å². The van der Waals surface area contributed by atoms with Crippen LogP contribution in [-0.2, 0) is 18.4 Å². The van der Waals surface area contributed by atoms with Crippen LogP contribution in [-0.4, -0.2) is 31.9 Å². The molecule has 1 aliphatic carbocycles. The summed E-state index contributed by atoms with van der Waals surface area (Å²) in [7, 11) is 2.04.